The van der Waals surface area contributed by atoms with Crippen LogP contribution in [0, 0.1) is 12.8 Å². The molecule has 1 unspecified atom stereocenters. The molecule has 1 atom stereocenters. The Labute approximate surface area is 161 Å². The van der Waals surface area contributed by atoms with Crippen molar-refractivity contribution in [3.63, 3.8) is 0 Å². The highest BCUT2D eigenvalue weighted by Crippen LogP contribution is 2.39. The number of ether oxygens (including phenoxy) is 1. The molecular weight excluding hydrogens is 372 g/mol. The van der Waals surface area contributed by atoms with Crippen molar-refractivity contribution in [2.45, 2.75) is 33.1 Å². The number of primary amides is 1. The Balaban J connectivity index is 1.71. The van der Waals surface area contributed by atoms with Crippen molar-refractivity contribution in [3.8, 4) is 5.75 Å². The largest absolute Gasteiger partial charge is 0.484 e. The van der Waals surface area contributed by atoms with Crippen LogP contribution >= 0.6 is 22.9 Å². The predicted octanol–water partition coefficient (Wildman–Crippen LogP) is 3.95. The second-order valence-electron chi connectivity index (χ2n) is 6.67. The van der Waals surface area contributed by atoms with Gasteiger partial charge in [0.2, 0.25) is 0 Å². The molecule has 1 aromatic heterocycles. The van der Waals surface area contributed by atoms with Gasteiger partial charge in [-0.25, -0.2) is 0 Å². The molecule has 0 aliphatic heterocycles. The molecule has 0 bridgehead atoms. The van der Waals surface area contributed by atoms with Crippen molar-refractivity contribution in [1.82, 2.24) is 0 Å². The van der Waals surface area contributed by atoms with E-state index >= 15 is 0 Å². The number of fused-ring (bicyclic) bond motifs is 1. The number of aryl methyl sites for hydroxylation is 1. The average molecular weight is 393 g/mol. The van der Waals surface area contributed by atoms with Crippen molar-refractivity contribution in [2.75, 3.05) is 11.9 Å². The number of halogens is 1. The van der Waals surface area contributed by atoms with Gasteiger partial charge in [-0.1, -0.05) is 18.5 Å². The van der Waals surface area contributed by atoms with Gasteiger partial charge in [0.05, 0.1) is 5.56 Å². The fourth-order valence-electron chi connectivity index (χ4n) is 3.12. The highest BCUT2D eigenvalue weighted by atomic mass is 35.5. The summed E-state index contributed by atoms with van der Waals surface area (Å²) in [5.41, 5.74) is 7.88. The lowest BCUT2D eigenvalue weighted by atomic mass is 9.88. The third-order valence-electron chi connectivity index (χ3n) is 4.51. The summed E-state index contributed by atoms with van der Waals surface area (Å²) in [6.45, 7) is 3.90. The summed E-state index contributed by atoms with van der Waals surface area (Å²) >= 11 is 7.42. The molecular formula is C19H21ClN2O3S. The van der Waals surface area contributed by atoms with Gasteiger partial charge in [0.15, 0.2) is 6.61 Å². The smallest absolute Gasteiger partial charge is 0.262 e. The first-order chi connectivity index (χ1) is 12.3. The van der Waals surface area contributed by atoms with E-state index in [4.69, 9.17) is 22.1 Å². The monoisotopic (exact) mass is 392 g/mol. The first-order valence-corrected chi connectivity index (χ1v) is 9.67. The molecule has 0 saturated heterocycles. The molecule has 3 rings (SSSR count). The lowest BCUT2D eigenvalue weighted by Crippen LogP contribution is -2.22. The van der Waals surface area contributed by atoms with Crippen LogP contribution in [0.1, 0.15) is 39.7 Å². The summed E-state index contributed by atoms with van der Waals surface area (Å²) in [5, 5.41) is 3.96. The highest BCUT2D eigenvalue weighted by molar-refractivity contribution is 7.17. The number of rotatable bonds is 5. The fourth-order valence-corrected chi connectivity index (χ4v) is 4.67. The van der Waals surface area contributed by atoms with Gasteiger partial charge < -0.3 is 15.8 Å². The summed E-state index contributed by atoms with van der Waals surface area (Å²) in [6.07, 6.45) is 2.76. The molecule has 138 valence electrons. The maximum Gasteiger partial charge on any atom is 0.262 e. The zero-order chi connectivity index (χ0) is 18.8. The van der Waals surface area contributed by atoms with Crippen molar-refractivity contribution in [3.05, 3.63) is 44.8 Å². The van der Waals surface area contributed by atoms with Crippen LogP contribution in [0.15, 0.2) is 18.2 Å². The highest BCUT2D eigenvalue weighted by Gasteiger charge is 2.27. The number of carbonyl (C=O) groups is 2. The molecule has 7 heteroatoms. The second kappa shape index (κ2) is 7.68. The van der Waals surface area contributed by atoms with E-state index in [1.165, 1.54) is 11.3 Å². The van der Waals surface area contributed by atoms with E-state index in [9.17, 15) is 9.59 Å². The van der Waals surface area contributed by atoms with Crippen molar-refractivity contribution in [2.24, 2.45) is 11.7 Å². The minimum absolute atomic E-state index is 0.155. The van der Waals surface area contributed by atoms with E-state index in [0.717, 1.165) is 35.3 Å². The number of thiophene rings is 1. The Morgan fingerprint density at radius 3 is 2.88 bits per heavy atom. The van der Waals surface area contributed by atoms with Gasteiger partial charge in [-0.15, -0.1) is 11.3 Å². The molecule has 26 heavy (non-hydrogen) atoms. The topological polar surface area (TPSA) is 81.4 Å². The summed E-state index contributed by atoms with van der Waals surface area (Å²) in [7, 11) is 0. The van der Waals surface area contributed by atoms with E-state index in [-0.39, 0.29) is 12.5 Å². The van der Waals surface area contributed by atoms with Crippen LogP contribution in [0.4, 0.5) is 5.00 Å². The summed E-state index contributed by atoms with van der Waals surface area (Å²) in [6, 6.07) is 5.21. The van der Waals surface area contributed by atoms with E-state index in [2.05, 4.69) is 12.2 Å². The molecule has 1 aromatic carbocycles. The number of carbonyl (C=O) groups excluding carboxylic acids is 2. The Bertz CT molecular complexity index is 863. The molecule has 2 aromatic rings. The maximum absolute atomic E-state index is 12.3. The molecule has 0 radical (unpaired) electrons. The Kier molecular flexibility index (Phi) is 5.53. The molecule has 1 heterocycles. The maximum atomic E-state index is 12.3. The first-order valence-electron chi connectivity index (χ1n) is 8.48. The molecule has 0 fully saturated rings. The Hall–Kier alpha value is -2.05. The number of nitrogens with one attached hydrogen (secondary N) is 1. The lowest BCUT2D eigenvalue weighted by Gasteiger charge is -2.18. The second-order valence-corrected chi connectivity index (χ2v) is 8.18. The van der Waals surface area contributed by atoms with Crippen LogP contribution in [-0.2, 0) is 17.6 Å². The lowest BCUT2D eigenvalue weighted by molar-refractivity contribution is -0.118. The predicted molar refractivity (Wildman–Crippen MR) is 104 cm³/mol. The number of nitrogens with two attached hydrogens (primary N) is 1. The molecule has 2 amide bonds. The minimum atomic E-state index is -0.499. The zero-order valence-electron chi connectivity index (χ0n) is 14.7. The van der Waals surface area contributed by atoms with Gasteiger partial charge in [0.25, 0.3) is 11.8 Å². The number of benzene rings is 1. The van der Waals surface area contributed by atoms with Gasteiger partial charge in [0, 0.05) is 9.90 Å². The molecule has 0 spiro atoms. The van der Waals surface area contributed by atoms with Crippen LogP contribution in [0.2, 0.25) is 5.02 Å². The quantitative estimate of drug-likeness (QED) is 0.808. The van der Waals surface area contributed by atoms with Gasteiger partial charge in [0.1, 0.15) is 10.8 Å². The van der Waals surface area contributed by atoms with Gasteiger partial charge in [-0.05, 0) is 61.4 Å². The molecule has 1 aliphatic rings. The number of amides is 2. The third kappa shape index (κ3) is 4.02. The SMILES string of the molecule is Cc1cc(OCC(=O)Nc2sc3c(c2C(N)=O)CCC(C)C3)ccc1Cl. The number of hydrogen-bond acceptors (Lipinski definition) is 4. The van der Waals surface area contributed by atoms with Crippen LogP contribution in [0.3, 0.4) is 0 Å². The van der Waals surface area contributed by atoms with Crippen LogP contribution in [0.5, 0.6) is 5.75 Å². The van der Waals surface area contributed by atoms with Gasteiger partial charge >= 0.3 is 0 Å². The summed E-state index contributed by atoms with van der Waals surface area (Å²) in [5.74, 6) is 0.312. The van der Waals surface area contributed by atoms with Crippen molar-refractivity contribution in [1.29, 1.82) is 0 Å². The van der Waals surface area contributed by atoms with Crippen molar-refractivity contribution < 1.29 is 14.3 Å². The zero-order valence-corrected chi connectivity index (χ0v) is 16.3. The number of hydrogen-bond donors (Lipinski definition) is 2. The van der Waals surface area contributed by atoms with Crippen molar-refractivity contribution >= 4 is 39.8 Å². The molecule has 5 nitrogen and oxygen atoms in total. The van der Waals surface area contributed by atoms with Crippen LogP contribution < -0.4 is 15.8 Å². The normalized spacial score (nSPS) is 16.0. The standard InChI is InChI=1S/C19H21ClN2O3S/c1-10-3-5-13-15(7-10)26-19(17(13)18(21)24)22-16(23)9-25-12-4-6-14(20)11(2)8-12/h4,6,8,10H,3,5,7,9H2,1-2H3,(H2,21,24)(H,22,23). The number of anilines is 1. The first kappa shape index (κ1) is 18.7. The average Bonchev–Trinajstić information content (AvgIpc) is 2.92. The molecule has 3 N–H and O–H groups in total. The molecule has 0 saturated carbocycles. The summed E-state index contributed by atoms with van der Waals surface area (Å²) in [4.78, 5) is 25.3. The van der Waals surface area contributed by atoms with Gasteiger partial charge in [-0.2, -0.15) is 0 Å². The van der Waals surface area contributed by atoms with E-state index in [1.54, 1.807) is 18.2 Å². The van der Waals surface area contributed by atoms with E-state index < -0.39 is 5.91 Å². The fraction of sp³-hybridized carbons (Fsp3) is 0.368. The van der Waals surface area contributed by atoms with E-state index in [0.29, 0.717) is 27.3 Å². The summed E-state index contributed by atoms with van der Waals surface area (Å²) < 4.78 is 5.51. The van der Waals surface area contributed by atoms with Crippen LogP contribution in [-0.4, -0.2) is 18.4 Å². The van der Waals surface area contributed by atoms with E-state index in [1.807, 2.05) is 6.92 Å². The minimum Gasteiger partial charge on any atom is -0.484 e. The Morgan fingerprint density at radius 1 is 1.42 bits per heavy atom. The Morgan fingerprint density at radius 2 is 2.19 bits per heavy atom. The van der Waals surface area contributed by atoms with Gasteiger partial charge in [-0.3, -0.25) is 9.59 Å². The molecule has 1 aliphatic carbocycles. The third-order valence-corrected chi connectivity index (χ3v) is 6.10. The van der Waals surface area contributed by atoms with Crippen LogP contribution in [0.25, 0.3) is 0 Å².